The molecular weight excluding hydrogens is 270 g/mol. The van der Waals surface area contributed by atoms with E-state index in [-0.39, 0.29) is 5.41 Å². The third-order valence-electron chi connectivity index (χ3n) is 4.44. The fraction of sp³-hybridized carbons (Fsp3) is 0.867. The highest BCUT2D eigenvalue weighted by molar-refractivity contribution is 7.15. The van der Waals surface area contributed by atoms with Gasteiger partial charge in [-0.25, -0.2) is 0 Å². The summed E-state index contributed by atoms with van der Waals surface area (Å²) in [6.07, 6.45) is 4.16. The molecule has 1 atom stereocenters. The lowest BCUT2D eigenvalue weighted by Gasteiger charge is -2.34. The molecular formula is C15H25N3OS. The molecule has 0 N–H and O–H groups in total. The molecule has 1 saturated heterocycles. The number of ether oxygens (including phenoxy) is 1. The second-order valence-electron chi connectivity index (χ2n) is 7.11. The average Bonchev–Trinajstić information content (AvgIpc) is 2.69. The average molecular weight is 295 g/mol. The number of nitrogens with zero attached hydrogens (tertiary/aromatic N) is 3. The van der Waals surface area contributed by atoms with E-state index >= 15 is 0 Å². The molecule has 2 aliphatic rings. The van der Waals surface area contributed by atoms with Crippen LogP contribution in [0, 0.1) is 11.8 Å². The Morgan fingerprint density at radius 2 is 2.00 bits per heavy atom. The summed E-state index contributed by atoms with van der Waals surface area (Å²) in [5.74, 6) is 1.54. The third-order valence-corrected chi connectivity index (χ3v) is 5.85. The molecule has 1 aliphatic carbocycles. The minimum atomic E-state index is 0.0889. The molecule has 5 heteroatoms. The predicted molar refractivity (Wildman–Crippen MR) is 82.5 cm³/mol. The lowest BCUT2D eigenvalue weighted by atomic mass is 9.76. The van der Waals surface area contributed by atoms with Gasteiger partial charge in [-0.15, -0.1) is 10.2 Å². The molecule has 1 aromatic rings. The van der Waals surface area contributed by atoms with Crippen LogP contribution < -0.4 is 4.90 Å². The molecule has 2 heterocycles. The van der Waals surface area contributed by atoms with Crippen molar-refractivity contribution in [1.29, 1.82) is 0 Å². The Balaban J connectivity index is 1.72. The highest BCUT2D eigenvalue weighted by Gasteiger charge is 2.31. The standard InChI is InChI=1S/C15H25N3OS/c1-15(2,3)13-16-17-14(20-13)18-7-8-19-10-12(9-18)11-5-4-6-11/h11-12H,4-10H2,1-3H3. The van der Waals surface area contributed by atoms with E-state index < -0.39 is 0 Å². The van der Waals surface area contributed by atoms with Gasteiger partial charge >= 0.3 is 0 Å². The summed E-state index contributed by atoms with van der Waals surface area (Å²) in [5.41, 5.74) is 0.0889. The Bertz CT molecular complexity index is 450. The van der Waals surface area contributed by atoms with Gasteiger partial charge in [-0.2, -0.15) is 0 Å². The van der Waals surface area contributed by atoms with E-state index in [9.17, 15) is 0 Å². The maximum absolute atomic E-state index is 5.80. The summed E-state index contributed by atoms with van der Waals surface area (Å²) >= 11 is 1.74. The molecule has 0 aromatic carbocycles. The molecule has 20 heavy (non-hydrogen) atoms. The number of hydrogen-bond donors (Lipinski definition) is 0. The number of rotatable bonds is 2. The minimum absolute atomic E-state index is 0.0889. The van der Waals surface area contributed by atoms with Gasteiger partial charge in [-0.3, -0.25) is 0 Å². The van der Waals surface area contributed by atoms with Gasteiger partial charge in [0.05, 0.1) is 13.2 Å². The van der Waals surface area contributed by atoms with E-state index in [1.165, 1.54) is 19.3 Å². The number of aromatic nitrogens is 2. The molecule has 1 unspecified atom stereocenters. The van der Waals surface area contributed by atoms with E-state index in [1.54, 1.807) is 11.3 Å². The maximum atomic E-state index is 5.80. The smallest absolute Gasteiger partial charge is 0.208 e. The van der Waals surface area contributed by atoms with Gasteiger partial charge in [-0.05, 0) is 5.92 Å². The molecule has 0 radical (unpaired) electrons. The lowest BCUT2D eigenvalue weighted by Crippen LogP contribution is -2.35. The maximum Gasteiger partial charge on any atom is 0.208 e. The molecule has 0 spiro atoms. The summed E-state index contributed by atoms with van der Waals surface area (Å²) in [6, 6.07) is 0. The highest BCUT2D eigenvalue weighted by Crippen LogP contribution is 2.36. The van der Waals surface area contributed by atoms with E-state index in [0.717, 1.165) is 42.4 Å². The van der Waals surface area contributed by atoms with Gasteiger partial charge in [-0.1, -0.05) is 51.4 Å². The molecule has 2 fully saturated rings. The first-order valence-electron chi connectivity index (χ1n) is 7.71. The Hall–Kier alpha value is -0.680. The second-order valence-corrected chi connectivity index (χ2v) is 8.07. The van der Waals surface area contributed by atoms with Crippen LogP contribution in [0.25, 0.3) is 0 Å². The van der Waals surface area contributed by atoms with Gasteiger partial charge in [0.1, 0.15) is 5.01 Å². The first-order chi connectivity index (χ1) is 9.54. The fourth-order valence-electron chi connectivity index (χ4n) is 2.85. The van der Waals surface area contributed by atoms with Crippen molar-refractivity contribution in [3.8, 4) is 0 Å². The van der Waals surface area contributed by atoms with E-state index in [1.807, 2.05) is 0 Å². The molecule has 3 rings (SSSR count). The lowest BCUT2D eigenvalue weighted by molar-refractivity contribution is 0.0784. The highest BCUT2D eigenvalue weighted by atomic mass is 32.1. The van der Waals surface area contributed by atoms with Crippen LogP contribution in [0.1, 0.15) is 45.0 Å². The predicted octanol–water partition coefficient (Wildman–Crippen LogP) is 3.09. The molecule has 0 amide bonds. The van der Waals surface area contributed by atoms with Crippen molar-refractivity contribution in [1.82, 2.24) is 10.2 Å². The van der Waals surface area contributed by atoms with E-state index in [0.29, 0.717) is 5.92 Å². The fourth-order valence-corrected chi connectivity index (χ4v) is 3.79. The van der Waals surface area contributed by atoms with Crippen molar-refractivity contribution in [2.45, 2.75) is 45.4 Å². The van der Waals surface area contributed by atoms with Crippen molar-refractivity contribution < 1.29 is 4.74 Å². The Labute approximate surface area is 125 Å². The summed E-state index contributed by atoms with van der Waals surface area (Å²) < 4.78 is 5.80. The van der Waals surface area contributed by atoms with Gasteiger partial charge in [0.25, 0.3) is 0 Å². The summed E-state index contributed by atoms with van der Waals surface area (Å²) in [5, 5.41) is 11.0. The van der Waals surface area contributed by atoms with Gasteiger partial charge in [0.15, 0.2) is 0 Å². The summed E-state index contributed by atoms with van der Waals surface area (Å²) in [6.45, 7) is 10.4. The molecule has 1 saturated carbocycles. The van der Waals surface area contributed by atoms with Crippen LogP contribution >= 0.6 is 11.3 Å². The van der Waals surface area contributed by atoms with E-state index in [2.05, 4.69) is 35.9 Å². The first kappa shape index (κ1) is 14.3. The molecule has 4 nitrogen and oxygen atoms in total. The molecule has 0 bridgehead atoms. The van der Waals surface area contributed by atoms with E-state index in [4.69, 9.17) is 4.74 Å². The van der Waals surface area contributed by atoms with Crippen LogP contribution in [0.2, 0.25) is 0 Å². The zero-order valence-electron chi connectivity index (χ0n) is 12.8. The largest absolute Gasteiger partial charge is 0.379 e. The van der Waals surface area contributed by atoms with Crippen molar-refractivity contribution in [2.24, 2.45) is 11.8 Å². The Kier molecular flexibility index (Phi) is 4.00. The molecule has 112 valence electrons. The second kappa shape index (κ2) is 5.60. The van der Waals surface area contributed by atoms with Crippen LogP contribution in [0.5, 0.6) is 0 Å². The monoisotopic (exact) mass is 295 g/mol. The third kappa shape index (κ3) is 2.98. The van der Waals surface area contributed by atoms with Crippen molar-refractivity contribution >= 4 is 16.5 Å². The summed E-state index contributed by atoms with van der Waals surface area (Å²) in [7, 11) is 0. The first-order valence-corrected chi connectivity index (χ1v) is 8.52. The number of anilines is 1. The zero-order chi connectivity index (χ0) is 14.2. The molecule has 1 aromatic heterocycles. The topological polar surface area (TPSA) is 38.2 Å². The van der Waals surface area contributed by atoms with Crippen LogP contribution in [0.4, 0.5) is 5.13 Å². The Morgan fingerprint density at radius 1 is 1.20 bits per heavy atom. The normalized spacial score (nSPS) is 25.4. The van der Waals surface area contributed by atoms with Crippen LogP contribution in [0.3, 0.4) is 0 Å². The minimum Gasteiger partial charge on any atom is -0.379 e. The zero-order valence-corrected chi connectivity index (χ0v) is 13.6. The van der Waals surface area contributed by atoms with Gasteiger partial charge in [0.2, 0.25) is 5.13 Å². The van der Waals surface area contributed by atoms with Crippen LogP contribution in [-0.4, -0.2) is 36.5 Å². The van der Waals surface area contributed by atoms with Crippen LogP contribution in [-0.2, 0) is 10.2 Å². The quantitative estimate of drug-likeness (QED) is 0.840. The van der Waals surface area contributed by atoms with Crippen molar-refractivity contribution in [3.63, 3.8) is 0 Å². The number of hydrogen-bond acceptors (Lipinski definition) is 5. The van der Waals surface area contributed by atoms with Crippen LogP contribution in [0.15, 0.2) is 0 Å². The van der Waals surface area contributed by atoms with Crippen molar-refractivity contribution in [3.05, 3.63) is 5.01 Å². The van der Waals surface area contributed by atoms with Gasteiger partial charge in [0, 0.05) is 24.4 Å². The molecule has 1 aliphatic heterocycles. The summed E-state index contributed by atoms with van der Waals surface area (Å²) in [4.78, 5) is 2.39. The van der Waals surface area contributed by atoms with Crippen molar-refractivity contribution in [2.75, 3.05) is 31.2 Å². The SMILES string of the molecule is CC(C)(C)c1nnc(N2CCOCC(C3CCC3)C2)s1. The Morgan fingerprint density at radius 3 is 2.60 bits per heavy atom. The van der Waals surface area contributed by atoms with Gasteiger partial charge < -0.3 is 9.64 Å².